The van der Waals surface area contributed by atoms with Gasteiger partial charge in [-0.3, -0.25) is 9.78 Å². The van der Waals surface area contributed by atoms with E-state index in [1.165, 1.54) is 12.1 Å². The number of pyridine rings is 1. The molecule has 1 saturated carbocycles. The molecule has 1 aliphatic heterocycles. The molecule has 0 unspecified atom stereocenters. The van der Waals surface area contributed by atoms with Crippen LogP contribution in [-0.2, 0) is 4.79 Å². The molecule has 0 radical (unpaired) electrons. The van der Waals surface area contributed by atoms with Crippen molar-refractivity contribution in [1.82, 2.24) is 10.3 Å². The van der Waals surface area contributed by atoms with Gasteiger partial charge >= 0.3 is 0 Å². The second-order valence-electron chi connectivity index (χ2n) is 6.01. The van der Waals surface area contributed by atoms with Gasteiger partial charge in [0.15, 0.2) is 0 Å². The molecule has 3 rings (SSSR count). The Morgan fingerprint density at radius 2 is 1.90 bits per heavy atom. The Bertz CT molecular complexity index is 436. The molecule has 1 N–H and O–H groups in total. The Balaban J connectivity index is 1.41. The van der Waals surface area contributed by atoms with E-state index in [9.17, 15) is 4.79 Å². The number of hydrogen-bond donors (Lipinski definition) is 1. The van der Waals surface area contributed by atoms with Crippen LogP contribution in [0.5, 0.6) is 0 Å². The SMILES string of the molecule is O=C(NCC1CCN(c2ccncc2)CC1)C1CCC1. The average molecular weight is 273 g/mol. The van der Waals surface area contributed by atoms with Crippen molar-refractivity contribution in [3.05, 3.63) is 24.5 Å². The molecule has 2 aliphatic rings. The van der Waals surface area contributed by atoms with E-state index in [1.54, 1.807) is 0 Å². The Morgan fingerprint density at radius 3 is 2.50 bits per heavy atom. The summed E-state index contributed by atoms with van der Waals surface area (Å²) in [6.07, 6.45) is 9.42. The molecule has 1 aromatic rings. The average Bonchev–Trinajstić information content (AvgIpc) is 2.45. The highest BCUT2D eigenvalue weighted by Crippen LogP contribution is 2.27. The summed E-state index contributed by atoms with van der Waals surface area (Å²) < 4.78 is 0. The standard InChI is InChI=1S/C16H23N3O/c20-16(14-2-1-3-14)18-12-13-6-10-19(11-7-13)15-4-8-17-9-5-15/h4-5,8-9,13-14H,1-3,6-7,10-12H2,(H,18,20). The largest absolute Gasteiger partial charge is 0.371 e. The van der Waals surface area contributed by atoms with E-state index in [2.05, 4.69) is 27.3 Å². The Hall–Kier alpha value is -1.58. The van der Waals surface area contributed by atoms with Crippen molar-refractivity contribution < 1.29 is 4.79 Å². The van der Waals surface area contributed by atoms with Crippen molar-refractivity contribution >= 4 is 11.6 Å². The normalized spacial score (nSPS) is 20.5. The summed E-state index contributed by atoms with van der Waals surface area (Å²) in [5, 5.41) is 3.14. The number of rotatable bonds is 4. The van der Waals surface area contributed by atoms with Gasteiger partial charge in [-0.05, 0) is 43.7 Å². The minimum absolute atomic E-state index is 0.285. The summed E-state index contributed by atoms with van der Waals surface area (Å²) in [5.74, 6) is 1.23. The first kappa shape index (κ1) is 13.4. The van der Waals surface area contributed by atoms with Crippen molar-refractivity contribution in [3.63, 3.8) is 0 Å². The summed E-state index contributed by atoms with van der Waals surface area (Å²) >= 11 is 0. The van der Waals surface area contributed by atoms with Crippen molar-refractivity contribution in [2.45, 2.75) is 32.1 Å². The topological polar surface area (TPSA) is 45.2 Å². The van der Waals surface area contributed by atoms with Crippen LogP contribution in [-0.4, -0.2) is 30.5 Å². The van der Waals surface area contributed by atoms with Gasteiger partial charge in [0.2, 0.25) is 5.91 Å². The Kier molecular flexibility index (Phi) is 4.19. The molecule has 1 saturated heterocycles. The Morgan fingerprint density at radius 1 is 1.20 bits per heavy atom. The van der Waals surface area contributed by atoms with Crippen molar-refractivity contribution in [2.75, 3.05) is 24.5 Å². The minimum atomic E-state index is 0.285. The van der Waals surface area contributed by atoms with Crippen molar-refractivity contribution in [2.24, 2.45) is 11.8 Å². The number of carbonyl (C=O) groups is 1. The molecule has 4 heteroatoms. The van der Waals surface area contributed by atoms with E-state index in [0.717, 1.165) is 45.3 Å². The van der Waals surface area contributed by atoms with Crippen molar-refractivity contribution in [3.8, 4) is 0 Å². The number of aromatic nitrogens is 1. The number of amides is 1. The number of nitrogens with one attached hydrogen (secondary N) is 1. The molecular formula is C16H23N3O. The summed E-state index contributed by atoms with van der Waals surface area (Å²) in [7, 11) is 0. The lowest BCUT2D eigenvalue weighted by Crippen LogP contribution is -2.41. The maximum absolute atomic E-state index is 11.8. The summed E-state index contributed by atoms with van der Waals surface area (Å²) in [6, 6.07) is 4.14. The third kappa shape index (κ3) is 3.11. The van der Waals surface area contributed by atoms with Gasteiger partial charge < -0.3 is 10.2 Å². The summed E-state index contributed by atoms with van der Waals surface area (Å²) in [4.78, 5) is 18.3. The number of carbonyl (C=O) groups excluding carboxylic acids is 1. The molecule has 20 heavy (non-hydrogen) atoms. The lowest BCUT2D eigenvalue weighted by Gasteiger charge is -2.34. The fourth-order valence-electron chi connectivity index (χ4n) is 3.01. The molecule has 2 fully saturated rings. The first-order valence-corrected chi connectivity index (χ1v) is 7.75. The molecule has 0 aromatic carbocycles. The summed E-state index contributed by atoms with van der Waals surface area (Å²) in [6.45, 7) is 3.02. The van der Waals surface area contributed by atoms with Crippen LogP contribution < -0.4 is 10.2 Å². The predicted octanol–water partition coefficient (Wildman–Crippen LogP) is 2.21. The van der Waals surface area contributed by atoms with E-state index >= 15 is 0 Å². The molecular weight excluding hydrogens is 250 g/mol. The molecule has 4 nitrogen and oxygen atoms in total. The molecule has 108 valence electrons. The Labute approximate surface area is 120 Å². The van der Waals surface area contributed by atoms with Crippen molar-refractivity contribution in [1.29, 1.82) is 0 Å². The van der Waals surface area contributed by atoms with Gasteiger partial charge in [-0.15, -0.1) is 0 Å². The van der Waals surface area contributed by atoms with Gasteiger partial charge in [-0.25, -0.2) is 0 Å². The molecule has 2 heterocycles. The van der Waals surface area contributed by atoms with E-state index in [4.69, 9.17) is 0 Å². The first-order chi connectivity index (χ1) is 9.83. The molecule has 0 atom stereocenters. The lowest BCUT2D eigenvalue weighted by atomic mass is 9.84. The van der Waals surface area contributed by atoms with Crippen LogP contribution in [0.25, 0.3) is 0 Å². The molecule has 0 spiro atoms. The highest BCUT2D eigenvalue weighted by Gasteiger charge is 2.26. The highest BCUT2D eigenvalue weighted by molar-refractivity contribution is 5.79. The van der Waals surface area contributed by atoms with Crippen LogP contribution in [0.2, 0.25) is 0 Å². The van der Waals surface area contributed by atoms with Gasteiger partial charge in [0, 0.05) is 43.6 Å². The zero-order chi connectivity index (χ0) is 13.8. The number of piperidine rings is 1. The molecule has 1 aromatic heterocycles. The molecule has 1 amide bonds. The fraction of sp³-hybridized carbons (Fsp3) is 0.625. The van der Waals surface area contributed by atoms with E-state index in [0.29, 0.717) is 11.8 Å². The fourth-order valence-corrected chi connectivity index (χ4v) is 3.01. The van der Waals surface area contributed by atoms with E-state index in [1.807, 2.05) is 12.4 Å². The van der Waals surface area contributed by atoms with Crippen LogP contribution in [0.15, 0.2) is 24.5 Å². The molecule has 0 bridgehead atoms. The lowest BCUT2D eigenvalue weighted by molar-refractivity contribution is -0.127. The maximum Gasteiger partial charge on any atom is 0.223 e. The quantitative estimate of drug-likeness (QED) is 0.915. The predicted molar refractivity (Wildman–Crippen MR) is 79.5 cm³/mol. The number of anilines is 1. The van der Waals surface area contributed by atoms with Crippen LogP contribution in [0.3, 0.4) is 0 Å². The minimum Gasteiger partial charge on any atom is -0.371 e. The van der Waals surface area contributed by atoms with Gasteiger partial charge in [0.25, 0.3) is 0 Å². The van der Waals surface area contributed by atoms with Gasteiger partial charge in [-0.1, -0.05) is 6.42 Å². The van der Waals surface area contributed by atoms with Crippen LogP contribution in [0, 0.1) is 11.8 Å². The second-order valence-corrected chi connectivity index (χ2v) is 6.01. The van der Waals surface area contributed by atoms with E-state index < -0.39 is 0 Å². The zero-order valence-electron chi connectivity index (χ0n) is 11.9. The van der Waals surface area contributed by atoms with Crippen LogP contribution in [0.4, 0.5) is 5.69 Å². The zero-order valence-corrected chi connectivity index (χ0v) is 11.9. The van der Waals surface area contributed by atoms with Gasteiger partial charge in [-0.2, -0.15) is 0 Å². The number of hydrogen-bond acceptors (Lipinski definition) is 3. The van der Waals surface area contributed by atoms with Crippen LogP contribution in [0.1, 0.15) is 32.1 Å². The van der Waals surface area contributed by atoms with E-state index in [-0.39, 0.29) is 5.91 Å². The number of nitrogens with zero attached hydrogens (tertiary/aromatic N) is 2. The van der Waals surface area contributed by atoms with Gasteiger partial charge in [0.1, 0.15) is 0 Å². The molecule has 1 aliphatic carbocycles. The summed E-state index contributed by atoms with van der Waals surface area (Å²) in [5.41, 5.74) is 1.26. The highest BCUT2D eigenvalue weighted by atomic mass is 16.1. The maximum atomic E-state index is 11.8. The third-order valence-electron chi connectivity index (χ3n) is 4.68. The van der Waals surface area contributed by atoms with Crippen LogP contribution >= 0.6 is 0 Å². The second kappa shape index (κ2) is 6.25. The monoisotopic (exact) mass is 273 g/mol. The third-order valence-corrected chi connectivity index (χ3v) is 4.68. The smallest absolute Gasteiger partial charge is 0.223 e. The first-order valence-electron chi connectivity index (χ1n) is 7.75. The van der Waals surface area contributed by atoms with Gasteiger partial charge in [0.05, 0.1) is 0 Å².